The average molecular weight is 178 g/mol. The van der Waals surface area contributed by atoms with Gasteiger partial charge in [0.05, 0.1) is 6.61 Å². The Hall–Kier alpha value is -0.690. The van der Waals surface area contributed by atoms with Crippen LogP contribution in [0.2, 0.25) is 0 Å². The van der Waals surface area contributed by atoms with Crippen molar-refractivity contribution in [3.63, 3.8) is 0 Å². The lowest BCUT2D eigenvalue weighted by molar-refractivity contribution is -0.151. The van der Waals surface area contributed by atoms with Gasteiger partial charge in [0.1, 0.15) is 12.2 Å². The molecule has 1 aliphatic heterocycles. The summed E-state index contributed by atoms with van der Waals surface area (Å²) in [6.07, 6.45) is -5.70. The third kappa shape index (κ3) is 1.42. The smallest absolute Gasteiger partial charge is 0.338 e. The van der Waals surface area contributed by atoms with E-state index in [1.807, 2.05) is 0 Å². The predicted molar refractivity (Wildman–Crippen MR) is 35.0 cm³/mol. The molecule has 0 aromatic rings. The van der Waals surface area contributed by atoms with E-state index in [1.54, 1.807) is 0 Å². The number of ether oxygens (including phenoxy) is 1. The lowest BCUT2D eigenvalue weighted by Crippen LogP contribution is -2.40. The van der Waals surface area contributed by atoms with E-state index < -0.39 is 37.0 Å². The number of esters is 1. The van der Waals surface area contributed by atoms with E-state index in [2.05, 4.69) is 4.74 Å². The topological polar surface area (TPSA) is 107 Å². The minimum Gasteiger partial charge on any atom is -0.455 e. The van der Waals surface area contributed by atoms with Crippen LogP contribution >= 0.6 is 0 Å². The van der Waals surface area contributed by atoms with Gasteiger partial charge in [-0.2, -0.15) is 0 Å². The summed E-state index contributed by atoms with van der Waals surface area (Å²) in [5.41, 5.74) is 0. The van der Waals surface area contributed by atoms with E-state index in [0.717, 1.165) is 0 Å². The van der Waals surface area contributed by atoms with Crippen LogP contribution in [0, 0.1) is 0 Å². The Balaban J connectivity index is 2.64. The summed E-state index contributed by atoms with van der Waals surface area (Å²) in [5.74, 6) is -0.986. The Labute approximate surface area is 68.0 Å². The molecule has 0 bridgehead atoms. The number of aliphatic hydroxyl groups excluding tert-OH is 4. The van der Waals surface area contributed by atoms with Gasteiger partial charge in [0.25, 0.3) is 0 Å². The molecule has 0 radical (unpaired) electrons. The fraction of sp³-hybridized carbons (Fsp3) is 0.833. The van der Waals surface area contributed by atoms with Crippen LogP contribution in [-0.2, 0) is 9.53 Å². The summed E-state index contributed by atoms with van der Waals surface area (Å²) in [4.78, 5) is 10.6. The number of cyclic esters (lactones) is 1. The van der Waals surface area contributed by atoms with Gasteiger partial charge in [0.2, 0.25) is 0 Å². The molecule has 0 spiro atoms. The van der Waals surface area contributed by atoms with Crippen molar-refractivity contribution in [2.45, 2.75) is 24.4 Å². The molecule has 0 aromatic heterocycles. The lowest BCUT2D eigenvalue weighted by atomic mass is 10.1. The van der Waals surface area contributed by atoms with E-state index in [4.69, 9.17) is 20.4 Å². The highest BCUT2D eigenvalue weighted by Crippen LogP contribution is 2.18. The first-order valence-electron chi connectivity index (χ1n) is 3.43. The summed E-state index contributed by atoms with van der Waals surface area (Å²) in [6, 6.07) is 0. The molecule has 70 valence electrons. The maximum absolute atomic E-state index is 10.6. The molecular formula is C6H10O6. The molecule has 0 saturated carbocycles. The maximum Gasteiger partial charge on any atom is 0.338 e. The molecule has 4 N–H and O–H groups in total. The average Bonchev–Trinajstić information content (AvgIpc) is 2.32. The molecule has 1 heterocycles. The summed E-state index contributed by atoms with van der Waals surface area (Å²) in [5, 5.41) is 35.3. The highest BCUT2D eigenvalue weighted by atomic mass is 16.6. The Kier molecular flexibility index (Phi) is 2.63. The van der Waals surface area contributed by atoms with Crippen molar-refractivity contribution in [2.75, 3.05) is 6.61 Å². The molecule has 0 unspecified atom stereocenters. The lowest BCUT2D eigenvalue weighted by Gasteiger charge is -2.17. The maximum atomic E-state index is 10.6. The summed E-state index contributed by atoms with van der Waals surface area (Å²) in [6.45, 7) is -0.637. The third-order valence-corrected chi connectivity index (χ3v) is 1.72. The van der Waals surface area contributed by atoms with Crippen LogP contribution in [-0.4, -0.2) is 57.4 Å². The summed E-state index contributed by atoms with van der Waals surface area (Å²) < 4.78 is 4.39. The van der Waals surface area contributed by atoms with E-state index in [1.165, 1.54) is 0 Å². The van der Waals surface area contributed by atoms with Crippen LogP contribution in [0.15, 0.2) is 0 Å². The van der Waals surface area contributed by atoms with Crippen molar-refractivity contribution in [3.8, 4) is 0 Å². The van der Waals surface area contributed by atoms with Gasteiger partial charge in [-0.3, -0.25) is 0 Å². The highest BCUT2D eigenvalue weighted by Gasteiger charge is 2.45. The van der Waals surface area contributed by atoms with Crippen molar-refractivity contribution >= 4 is 5.97 Å². The first kappa shape index (κ1) is 9.40. The van der Waals surface area contributed by atoms with Crippen LogP contribution in [0.3, 0.4) is 0 Å². The zero-order valence-corrected chi connectivity index (χ0v) is 6.12. The van der Waals surface area contributed by atoms with Crippen LogP contribution in [0.4, 0.5) is 0 Å². The molecule has 4 atom stereocenters. The normalized spacial score (nSPS) is 38.0. The monoisotopic (exact) mass is 178 g/mol. The van der Waals surface area contributed by atoms with Crippen LogP contribution in [0.1, 0.15) is 0 Å². The Bertz CT molecular complexity index is 181. The summed E-state index contributed by atoms with van der Waals surface area (Å²) in [7, 11) is 0. The van der Waals surface area contributed by atoms with Gasteiger partial charge in [-0.05, 0) is 0 Å². The third-order valence-electron chi connectivity index (χ3n) is 1.72. The molecule has 1 rings (SSSR count). The van der Waals surface area contributed by atoms with Crippen molar-refractivity contribution in [1.29, 1.82) is 0 Å². The Morgan fingerprint density at radius 2 is 2.08 bits per heavy atom. The van der Waals surface area contributed by atoms with Gasteiger partial charge >= 0.3 is 5.97 Å². The largest absolute Gasteiger partial charge is 0.455 e. The van der Waals surface area contributed by atoms with Crippen molar-refractivity contribution < 1.29 is 30.0 Å². The minimum atomic E-state index is -1.63. The van der Waals surface area contributed by atoms with Gasteiger partial charge < -0.3 is 25.2 Å². The first-order valence-corrected chi connectivity index (χ1v) is 3.43. The van der Waals surface area contributed by atoms with Gasteiger partial charge in [0.15, 0.2) is 12.2 Å². The fourth-order valence-electron chi connectivity index (χ4n) is 1.00. The zero-order valence-electron chi connectivity index (χ0n) is 6.12. The molecule has 6 heteroatoms. The second-order valence-electron chi connectivity index (χ2n) is 2.59. The molecule has 0 aliphatic carbocycles. The van der Waals surface area contributed by atoms with Gasteiger partial charge in [0, 0.05) is 0 Å². The second kappa shape index (κ2) is 3.36. The van der Waals surface area contributed by atoms with E-state index in [9.17, 15) is 4.79 Å². The molecular weight excluding hydrogens is 168 g/mol. The molecule has 1 aliphatic rings. The molecule has 1 fully saturated rings. The van der Waals surface area contributed by atoms with E-state index in [0.29, 0.717) is 0 Å². The predicted octanol–water partition coefficient (Wildman–Crippen LogP) is -3.01. The minimum absolute atomic E-state index is 0.637. The SMILES string of the molecule is O=C1O[C@@H]([C@@H](O)CO)[C@H](O)[C@@H]1O. The number of rotatable bonds is 2. The van der Waals surface area contributed by atoms with Crippen molar-refractivity contribution in [1.82, 2.24) is 0 Å². The molecule has 0 aromatic carbocycles. The highest BCUT2D eigenvalue weighted by molar-refractivity contribution is 5.77. The number of carbonyl (C=O) groups is 1. The standard InChI is InChI=1S/C6H10O6/c7-1-2(8)5-3(9)4(10)6(11)12-5/h2-5,7-10H,1H2/t2-,3+,4-,5-/m0/s1. The number of hydrogen-bond donors (Lipinski definition) is 4. The molecule has 1 saturated heterocycles. The van der Waals surface area contributed by atoms with Crippen molar-refractivity contribution in [3.05, 3.63) is 0 Å². The number of aliphatic hydroxyl groups is 4. The number of carbonyl (C=O) groups excluding carboxylic acids is 1. The quantitative estimate of drug-likeness (QED) is 0.335. The van der Waals surface area contributed by atoms with Crippen molar-refractivity contribution in [2.24, 2.45) is 0 Å². The summed E-state index contributed by atoms with van der Waals surface area (Å²) >= 11 is 0. The van der Waals surface area contributed by atoms with Gasteiger partial charge in [-0.1, -0.05) is 0 Å². The van der Waals surface area contributed by atoms with E-state index in [-0.39, 0.29) is 0 Å². The van der Waals surface area contributed by atoms with E-state index >= 15 is 0 Å². The van der Waals surface area contributed by atoms with Crippen LogP contribution in [0.25, 0.3) is 0 Å². The molecule has 12 heavy (non-hydrogen) atoms. The second-order valence-corrected chi connectivity index (χ2v) is 2.59. The number of hydrogen-bond acceptors (Lipinski definition) is 6. The Morgan fingerprint density at radius 1 is 1.50 bits per heavy atom. The molecule has 6 nitrogen and oxygen atoms in total. The fourth-order valence-corrected chi connectivity index (χ4v) is 1.00. The van der Waals surface area contributed by atoms with Gasteiger partial charge in [-0.25, -0.2) is 4.79 Å². The van der Waals surface area contributed by atoms with Gasteiger partial charge in [-0.15, -0.1) is 0 Å². The first-order chi connectivity index (χ1) is 5.57. The molecule has 0 amide bonds. The zero-order chi connectivity index (χ0) is 9.30. The Morgan fingerprint density at radius 3 is 2.42 bits per heavy atom. The van der Waals surface area contributed by atoms with Crippen LogP contribution < -0.4 is 0 Å². The van der Waals surface area contributed by atoms with Crippen LogP contribution in [0.5, 0.6) is 0 Å².